The minimum Gasteiger partial charge on any atom is -0.435 e. The van der Waals surface area contributed by atoms with Gasteiger partial charge >= 0.3 is 5.97 Å². The summed E-state index contributed by atoms with van der Waals surface area (Å²) in [6.07, 6.45) is 6.17. The Morgan fingerprint density at radius 3 is 2.73 bits per heavy atom. The second-order valence-corrected chi connectivity index (χ2v) is 3.01. The van der Waals surface area contributed by atoms with Crippen molar-refractivity contribution in [1.29, 1.82) is 0 Å². The van der Waals surface area contributed by atoms with Crippen LogP contribution in [0.2, 0.25) is 0 Å². The van der Waals surface area contributed by atoms with Crippen LogP contribution in [0.3, 0.4) is 0 Å². The van der Waals surface area contributed by atoms with Gasteiger partial charge in [-0.3, -0.25) is 4.79 Å². The smallest absolute Gasteiger partial charge is 0.310 e. The molecule has 0 unspecified atom stereocenters. The van der Waals surface area contributed by atoms with Gasteiger partial charge in [0.25, 0.3) is 0 Å². The summed E-state index contributed by atoms with van der Waals surface area (Å²) in [6, 6.07) is 9.95. The SMILES string of the molecule is C=COC(=O)CCC=Cc1ccccc1. The minimum atomic E-state index is -0.247. The molecule has 0 aliphatic carbocycles. The minimum absolute atomic E-state index is 0.247. The Balaban J connectivity index is 2.29. The van der Waals surface area contributed by atoms with Crippen molar-refractivity contribution in [2.75, 3.05) is 0 Å². The third kappa shape index (κ3) is 4.81. The summed E-state index contributed by atoms with van der Waals surface area (Å²) >= 11 is 0. The van der Waals surface area contributed by atoms with Crippen molar-refractivity contribution >= 4 is 12.0 Å². The van der Waals surface area contributed by atoms with Gasteiger partial charge in [0, 0.05) is 6.42 Å². The largest absolute Gasteiger partial charge is 0.435 e. The lowest BCUT2D eigenvalue weighted by Gasteiger charge is -1.95. The van der Waals surface area contributed by atoms with Crippen LogP contribution in [0.4, 0.5) is 0 Å². The van der Waals surface area contributed by atoms with E-state index in [0.29, 0.717) is 12.8 Å². The molecule has 0 heterocycles. The lowest BCUT2D eigenvalue weighted by molar-refractivity contribution is -0.137. The molecule has 1 aromatic carbocycles. The van der Waals surface area contributed by atoms with E-state index in [1.165, 1.54) is 0 Å². The molecule has 0 aliphatic heterocycles. The first kappa shape index (κ1) is 11.2. The molecule has 0 saturated carbocycles. The second-order valence-electron chi connectivity index (χ2n) is 3.01. The van der Waals surface area contributed by atoms with Gasteiger partial charge in [0.15, 0.2) is 0 Å². The Kier molecular flexibility index (Phi) is 4.95. The maximum absolute atomic E-state index is 10.9. The number of carbonyl (C=O) groups excluding carboxylic acids is 1. The summed E-state index contributed by atoms with van der Waals surface area (Å²) in [6.45, 7) is 3.32. The predicted molar refractivity (Wildman–Crippen MR) is 61.0 cm³/mol. The molecule has 0 N–H and O–H groups in total. The number of rotatable bonds is 5. The first-order chi connectivity index (χ1) is 7.33. The van der Waals surface area contributed by atoms with E-state index in [1.54, 1.807) is 0 Å². The zero-order chi connectivity index (χ0) is 10.9. The molecule has 1 rings (SSSR count). The molecule has 0 bridgehead atoms. The molecule has 15 heavy (non-hydrogen) atoms. The Labute approximate surface area is 89.9 Å². The van der Waals surface area contributed by atoms with Gasteiger partial charge < -0.3 is 4.74 Å². The highest BCUT2D eigenvalue weighted by Gasteiger charge is 1.96. The topological polar surface area (TPSA) is 26.3 Å². The average Bonchev–Trinajstić information content (AvgIpc) is 2.26. The van der Waals surface area contributed by atoms with Crippen molar-refractivity contribution in [3.05, 3.63) is 54.8 Å². The zero-order valence-electron chi connectivity index (χ0n) is 8.56. The molecule has 2 nitrogen and oxygen atoms in total. The van der Waals surface area contributed by atoms with Crippen LogP contribution in [-0.2, 0) is 9.53 Å². The number of hydrogen-bond acceptors (Lipinski definition) is 2. The average molecular weight is 202 g/mol. The fraction of sp³-hybridized carbons (Fsp3) is 0.154. The van der Waals surface area contributed by atoms with Crippen LogP contribution in [0.1, 0.15) is 18.4 Å². The molecule has 78 valence electrons. The van der Waals surface area contributed by atoms with Crippen LogP contribution in [0.5, 0.6) is 0 Å². The predicted octanol–water partition coefficient (Wildman–Crippen LogP) is 3.17. The Hall–Kier alpha value is -1.83. The fourth-order valence-corrected chi connectivity index (χ4v) is 1.14. The molecule has 0 amide bonds. The molecule has 2 heteroatoms. The summed E-state index contributed by atoms with van der Waals surface area (Å²) in [5, 5.41) is 0. The van der Waals surface area contributed by atoms with E-state index in [1.807, 2.05) is 42.5 Å². The van der Waals surface area contributed by atoms with Crippen molar-refractivity contribution < 1.29 is 9.53 Å². The van der Waals surface area contributed by atoms with Crippen LogP contribution >= 0.6 is 0 Å². The fourth-order valence-electron chi connectivity index (χ4n) is 1.14. The van der Waals surface area contributed by atoms with Crippen LogP contribution in [-0.4, -0.2) is 5.97 Å². The van der Waals surface area contributed by atoms with Gasteiger partial charge in [-0.25, -0.2) is 0 Å². The number of esters is 1. The van der Waals surface area contributed by atoms with E-state index in [-0.39, 0.29) is 5.97 Å². The highest BCUT2D eigenvalue weighted by atomic mass is 16.5. The molecule has 0 aliphatic rings. The number of benzene rings is 1. The van der Waals surface area contributed by atoms with E-state index in [4.69, 9.17) is 0 Å². The van der Waals surface area contributed by atoms with Crippen molar-refractivity contribution in [2.24, 2.45) is 0 Å². The molecular weight excluding hydrogens is 188 g/mol. The summed E-state index contributed by atoms with van der Waals surface area (Å²) in [4.78, 5) is 10.9. The Bertz CT molecular complexity index is 339. The van der Waals surface area contributed by atoms with Crippen LogP contribution in [0.15, 0.2) is 49.2 Å². The second kappa shape index (κ2) is 6.60. The molecule has 0 radical (unpaired) electrons. The number of hydrogen-bond donors (Lipinski definition) is 0. The van der Waals surface area contributed by atoms with Crippen LogP contribution < -0.4 is 0 Å². The van der Waals surface area contributed by atoms with E-state index < -0.39 is 0 Å². The van der Waals surface area contributed by atoms with Gasteiger partial charge in [-0.1, -0.05) is 49.1 Å². The van der Waals surface area contributed by atoms with Gasteiger partial charge in [-0.15, -0.1) is 0 Å². The molecule has 0 atom stereocenters. The molecular formula is C13H14O2. The van der Waals surface area contributed by atoms with Crippen molar-refractivity contribution in [2.45, 2.75) is 12.8 Å². The van der Waals surface area contributed by atoms with Gasteiger partial charge in [0.2, 0.25) is 0 Å². The quantitative estimate of drug-likeness (QED) is 0.541. The summed E-state index contributed by atoms with van der Waals surface area (Å²) in [5.41, 5.74) is 1.13. The van der Waals surface area contributed by atoms with Gasteiger partial charge in [0.1, 0.15) is 0 Å². The van der Waals surface area contributed by atoms with Gasteiger partial charge in [-0.2, -0.15) is 0 Å². The monoisotopic (exact) mass is 202 g/mol. The maximum Gasteiger partial charge on any atom is 0.310 e. The van der Waals surface area contributed by atoms with Gasteiger partial charge in [-0.05, 0) is 12.0 Å². The van der Waals surface area contributed by atoms with Crippen LogP contribution in [0, 0.1) is 0 Å². The molecule has 0 spiro atoms. The normalized spacial score (nSPS) is 10.1. The maximum atomic E-state index is 10.9. The van der Waals surface area contributed by atoms with Crippen molar-refractivity contribution in [3.8, 4) is 0 Å². The van der Waals surface area contributed by atoms with Crippen molar-refractivity contribution in [3.63, 3.8) is 0 Å². The Morgan fingerprint density at radius 1 is 1.33 bits per heavy atom. The van der Waals surface area contributed by atoms with E-state index >= 15 is 0 Å². The highest BCUT2D eigenvalue weighted by molar-refractivity contribution is 5.70. The lowest BCUT2D eigenvalue weighted by atomic mass is 10.2. The van der Waals surface area contributed by atoms with Crippen molar-refractivity contribution in [1.82, 2.24) is 0 Å². The third-order valence-corrected chi connectivity index (χ3v) is 1.84. The first-order valence-electron chi connectivity index (χ1n) is 4.85. The van der Waals surface area contributed by atoms with E-state index in [0.717, 1.165) is 11.8 Å². The number of carbonyl (C=O) groups is 1. The molecule has 0 aromatic heterocycles. The Morgan fingerprint density at radius 2 is 2.07 bits per heavy atom. The summed E-state index contributed by atoms with van der Waals surface area (Å²) in [5.74, 6) is -0.247. The molecule has 1 aromatic rings. The highest BCUT2D eigenvalue weighted by Crippen LogP contribution is 2.03. The first-order valence-corrected chi connectivity index (χ1v) is 4.85. The third-order valence-electron chi connectivity index (χ3n) is 1.84. The van der Waals surface area contributed by atoms with Gasteiger partial charge in [0.05, 0.1) is 6.26 Å². The summed E-state index contributed by atoms with van der Waals surface area (Å²) in [7, 11) is 0. The standard InChI is InChI=1S/C13H14O2/c1-2-15-13(14)11-7-6-10-12-8-4-3-5-9-12/h2-6,8-10H,1,7,11H2. The molecule has 0 saturated heterocycles. The van der Waals surface area contributed by atoms with E-state index in [9.17, 15) is 4.79 Å². The summed E-state index contributed by atoms with van der Waals surface area (Å²) < 4.78 is 4.59. The number of ether oxygens (including phenoxy) is 1. The van der Waals surface area contributed by atoms with E-state index in [2.05, 4.69) is 11.3 Å². The molecule has 0 fully saturated rings. The zero-order valence-corrected chi connectivity index (χ0v) is 8.56. The lowest BCUT2D eigenvalue weighted by Crippen LogP contribution is -1.97. The van der Waals surface area contributed by atoms with Crippen LogP contribution in [0.25, 0.3) is 6.08 Å². The number of allylic oxidation sites excluding steroid dienone is 1.